The summed E-state index contributed by atoms with van der Waals surface area (Å²) < 4.78 is 6.72. The number of fused-ring (bicyclic) bond motifs is 6. The highest BCUT2D eigenvalue weighted by Crippen LogP contribution is 2.40. The average molecular weight is 628 g/mol. The highest BCUT2D eigenvalue weighted by atomic mass is 15.2. The molecule has 230 valence electrons. The van der Waals surface area contributed by atoms with Gasteiger partial charge in [-0.05, 0) is 59.7 Å². The smallest absolute Gasteiger partial charge is 0.235 e. The normalized spacial score (nSPS) is 11.7. The van der Waals surface area contributed by atoms with E-state index in [-0.39, 0.29) is 0 Å². The summed E-state index contributed by atoms with van der Waals surface area (Å²) >= 11 is 0. The van der Waals surface area contributed by atoms with Crippen molar-refractivity contribution < 1.29 is 0 Å². The lowest BCUT2D eigenvalue weighted by atomic mass is 9.97. The van der Waals surface area contributed by atoms with Crippen LogP contribution in [0.15, 0.2) is 176 Å². The van der Waals surface area contributed by atoms with Gasteiger partial charge in [-0.3, -0.25) is 4.57 Å². The molecule has 5 heteroatoms. The number of aromatic nitrogens is 5. The third kappa shape index (κ3) is 4.26. The first kappa shape index (κ1) is 27.4. The van der Waals surface area contributed by atoms with Crippen molar-refractivity contribution in [1.29, 1.82) is 0 Å². The van der Waals surface area contributed by atoms with Crippen LogP contribution in [-0.2, 0) is 0 Å². The Morgan fingerprint density at radius 1 is 0.388 bits per heavy atom. The number of nitrogens with zero attached hydrogens (tertiary/aromatic N) is 5. The Balaban J connectivity index is 1.32. The van der Waals surface area contributed by atoms with Crippen LogP contribution in [0.3, 0.4) is 0 Å². The molecular weight excluding hydrogens is 599 g/mol. The molecule has 5 nitrogen and oxygen atoms in total. The van der Waals surface area contributed by atoms with E-state index in [9.17, 15) is 0 Å². The maximum Gasteiger partial charge on any atom is 0.235 e. The van der Waals surface area contributed by atoms with Gasteiger partial charge in [-0.15, -0.1) is 0 Å². The predicted octanol–water partition coefficient (Wildman–Crippen LogP) is 10.8. The second kappa shape index (κ2) is 10.9. The van der Waals surface area contributed by atoms with Gasteiger partial charge in [0.25, 0.3) is 0 Å². The Bertz CT molecular complexity index is 2810. The van der Waals surface area contributed by atoms with Crippen LogP contribution >= 0.6 is 0 Å². The molecule has 0 aliphatic heterocycles. The molecule has 6 aromatic carbocycles. The van der Waals surface area contributed by atoms with Crippen molar-refractivity contribution in [3.63, 3.8) is 0 Å². The molecule has 0 unspecified atom stereocenters. The molecule has 0 N–H and O–H groups in total. The van der Waals surface area contributed by atoms with Crippen molar-refractivity contribution in [3.05, 3.63) is 176 Å². The maximum absolute atomic E-state index is 5.55. The van der Waals surface area contributed by atoms with E-state index in [0.29, 0.717) is 5.95 Å². The van der Waals surface area contributed by atoms with Crippen LogP contribution in [0.25, 0.3) is 83.4 Å². The number of para-hydroxylation sites is 3. The lowest BCUT2D eigenvalue weighted by molar-refractivity contribution is 1.01. The Labute approximate surface area is 282 Å². The van der Waals surface area contributed by atoms with Crippen molar-refractivity contribution in [1.82, 2.24) is 23.7 Å². The standard InChI is InChI=1S/C44H29N5/c1-4-14-30(15-5-1)33-20-10-11-22-35(33)41-43-38(27-29-48(43)32-18-8-3-9-19-32)45-44(46-41)49-40-23-13-12-21-34(40)36-24-25-39-37(42(36)49)26-28-47(39)31-16-6-2-7-17-31/h1-29H. The molecule has 4 aromatic heterocycles. The minimum Gasteiger partial charge on any atom is -0.316 e. The third-order valence-corrected chi connectivity index (χ3v) is 9.56. The molecule has 49 heavy (non-hydrogen) atoms. The van der Waals surface area contributed by atoms with E-state index in [1.807, 2.05) is 6.07 Å². The molecule has 10 rings (SSSR count). The van der Waals surface area contributed by atoms with Crippen molar-refractivity contribution >= 4 is 43.7 Å². The predicted molar refractivity (Wildman–Crippen MR) is 201 cm³/mol. The van der Waals surface area contributed by atoms with Crippen molar-refractivity contribution in [2.45, 2.75) is 0 Å². The summed E-state index contributed by atoms with van der Waals surface area (Å²) in [7, 11) is 0. The van der Waals surface area contributed by atoms with E-state index >= 15 is 0 Å². The van der Waals surface area contributed by atoms with E-state index in [4.69, 9.17) is 9.97 Å². The van der Waals surface area contributed by atoms with Crippen molar-refractivity contribution in [2.75, 3.05) is 0 Å². The molecule has 4 heterocycles. The topological polar surface area (TPSA) is 40.6 Å². The minimum absolute atomic E-state index is 0.641. The van der Waals surface area contributed by atoms with Gasteiger partial charge < -0.3 is 9.13 Å². The van der Waals surface area contributed by atoms with Crippen LogP contribution in [0.5, 0.6) is 0 Å². The minimum atomic E-state index is 0.641. The number of hydrogen-bond donors (Lipinski definition) is 0. The fourth-order valence-corrected chi connectivity index (χ4v) is 7.38. The molecular formula is C44H29N5. The molecule has 0 saturated heterocycles. The average Bonchev–Trinajstić information content (AvgIpc) is 3.90. The van der Waals surface area contributed by atoms with Gasteiger partial charge >= 0.3 is 0 Å². The molecule has 0 atom stereocenters. The highest BCUT2D eigenvalue weighted by Gasteiger charge is 2.23. The van der Waals surface area contributed by atoms with Gasteiger partial charge in [0.05, 0.1) is 27.6 Å². The zero-order valence-corrected chi connectivity index (χ0v) is 26.5. The van der Waals surface area contributed by atoms with E-state index in [1.165, 1.54) is 10.8 Å². The summed E-state index contributed by atoms with van der Waals surface area (Å²) in [5.74, 6) is 0.641. The summed E-state index contributed by atoms with van der Waals surface area (Å²) in [4.78, 5) is 10.9. The van der Waals surface area contributed by atoms with Gasteiger partial charge in [0, 0.05) is 45.5 Å². The second-order valence-electron chi connectivity index (χ2n) is 12.3. The highest BCUT2D eigenvalue weighted by molar-refractivity contribution is 6.18. The first-order chi connectivity index (χ1) is 24.3. The molecule has 0 fully saturated rings. The van der Waals surface area contributed by atoms with Crippen LogP contribution in [0.1, 0.15) is 0 Å². The second-order valence-corrected chi connectivity index (χ2v) is 12.3. The molecule has 0 radical (unpaired) electrons. The van der Waals surface area contributed by atoms with Crippen LogP contribution in [0, 0.1) is 0 Å². The molecule has 10 aromatic rings. The number of rotatable bonds is 5. The fourth-order valence-electron chi connectivity index (χ4n) is 7.38. The van der Waals surface area contributed by atoms with Gasteiger partial charge in [-0.2, -0.15) is 0 Å². The summed E-state index contributed by atoms with van der Waals surface area (Å²) in [6.07, 6.45) is 4.27. The van der Waals surface area contributed by atoms with Gasteiger partial charge in [-0.25, -0.2) is 9.97 Å². The van der Waals surface area contributed by atoms with Crippen LogP contribution in [0.4, 0.5) is 0 Å². The lowest BCUT2D eigenvalue weighted by Gasteiger charge is -2.15. The summed E-state index contributed by atoms with van der Waals surface area (Å²) in [5.41, 5.74) is 11.5. The van der Waals surface area contributed by atoms with Crippen LogP contribution in [-0.4, -0.2) is 23.7 Å². The number of hydrogen-bond acceptors (Lipinski definition) is 2. The first-order valence-electron chi connectivity index (χ1n) is 16.5. The third-order valence-electron chi connectivity index (χ3n) is 9.56. The molecule has 0 aliphatic rings. The molecule has 0 bridgehead atoms. The first-order valence-corrected chi connectivity index (χ1v) is 16.5. The molecule has 0 spiro atoms. The van der Waals surface area contributed by atoms with Gasteiger partial charge in [-0.1, -0.05) is 115 Å². The van der Waals surface area contributed by atoms with Crippen molar-refractivity contribution in [2.24, 2.45) is 0 Å². The zero-order valence-electron chi connectivity index (χ0n) is 26.5. The summed E-state index contributed by atoms with van der Waals surface area (Å²) in [6.45, 7) is 0. The SMILES string of the molecule is c1ccc(-c2ccccc2-c2nc(-n3c4ccccc4c4ccc5c(ccn5-c5ccccc5)c43)nc3ccn(-c4ccccc4)c23)cc1. The van der Waals surface area contributed by atoms with Gasteiger partial charge in [0.1, 0.15) is 5.69 Å². The van der Waals surface area contributed by atoms with Gasteiger partial charge in [0.15, 0.2) is 0 Å². The largest absolute Gasteiger partial charge is 0.316 e. The monoisotopic (exact) mass is 627 g/mol. The lowest BCUT2D eigenvalue weighted by Crippen LogP contribution is -2.05. The van der Waals surface area contributed by atoms with E-state index in [0.717, 1.165) is 66.7 Å². The maximum atomic E-state index is 5.55. The van der Waals surface area contributed by atoms with E-state index in [1.54, 1.807) is 0 Å². The fraction of sp³-hybridized carbons (Fsp3) is 0. The molecule has 0 saturated carbocycles. The molecule has 0 aliphatic carbocycles. The van der Waals surface area contributed by atoms with Crippen LogP contribution < -0.4 is 0 Å². The molecule has 0 amide bonds. The Kier molecular flexibility index (Phi) is 6.11. The van der Waals surface area contributed by atoms with Crippen molar-refractivity contribution in [3.8, 4) is 39.7 Å². The van der Waals surface area contributed by atoms with Gasteiger partial charge in [0.2, 0.25) is 5.95 Å². The van der Waals surface area contributed by atoms with E-state index < -0.39 is 0 Å². The summed E-state index contributed by atoms with van der Waals surface area (Å²) in [5, 5.41) is 3.49. The Morgan fingerprint density at radius 3 is 1.80 bits per heavy atom. The van der Waals surface area contributed by atoms with E-state index in [2.05, 4.69) is 184 Å². The quantitative estimate of drug-likeness (QED) is 0.190. The zero-order chi connectivity index (χ0) is 32.3. The summed E-state index contributed by atoms with van der Waals surface area (Å²) in [6, 6.07) is 57.4. The van der Waals surface area contributed by atoms with Crippen LogP contribution in [0.2, 0.25) is 0 Å². The Morgan fingerprint density at radius 2 is 1.02 bits per heavy atom. The number of benzene rings is 6. The Hall–Kier alpha value is -6.72.